The van der Waals surface area contributed by atoms with Crippen LogP contribution in [0.2, 0.25) is 0 Å². The predicted molar refractivity (Wildman–Crippen MR) is 104 cm³/mol. The van der Waals surface area contributed by atoms with Gasteiger partial charge in [0.15, 0.2) is 0 Å². The van der Waals surface area contributed by atoms with Crippen molar-refractivity contribution in [3.8, 4) is 0 Å². The van der Waals surface area contributed by atoms with Crippen molar-refractivity contribution in [2.45, 2.75) is 57.6 Å². The average Bonchev–Trinajstić information content (AvgIpc) is 2.62. The maximum atomic E-state index is 14.5. The first-order chi connectivity index (χ1) is 12.7. The van der Waals surface area contributed by atoms with Gasteiger partial charge < -0.3 is 18.9 Å². The van der Waals surface area contributed by atoms with Crippen molar-refractivity contribution in [3.63, 3.8) is 0 Å². The van der Waals surface area contributed by atoms with Crippen molar-refractivity contribution in [3.05, 3.63) is 36.5 Å². The second-order valence-electron chi connectivity index (χ2n) is 7.62. The zero-order valence-electron chi connectivity index (χ0n) is 17.4. The van der Waals surface area contributed by atoms with Crippen LogP contribution < -0.4 is 0 Å². The highest BCUT2D eigenvalue weighted by Gasteiger charge is 2.59. The Morgan fingerprint density at radius 3 is 2.41 bits per heavy atom. The van der Waals surface area contributed by atoms with Crippen LogP contribution in [-0.2, 0) is 18.9 Å². The highest BCUT2D eigenvalue weighted by atomic mass is 19.1. The molecule has 0 spiro atoms. The number of hydrogen-bond donors (Lipinski definition) is 0. The fraction of sp³-hybridized carbons (Fsp3) is 0.714. The number of allylic oxidation sites excluding steroid dienone is 3. The van der Waals surface area contributed by atoms with Crippen LogP contribution in [-0.4, -0.2) is 68.7 Å². The van der Waals surface area contributed by atoms with Crippen LogP contribution in [0.25, 0.3) is 0 Å². The van der Waals surface area contributed by atoms with E-state index in [1.165, 1.54) is 0 Å². The lowest BCUT2D eigenvalue weighted by atomic mass is 9.86. The molecule has 0 bridgehead atoms. The van der Waals surface area contributed by atoms with E-state index in [1.54, 1.807) is 35.0 Å². The van der Waals surface area contributed by atoms with Crippen molar-refractivity contribution in [2.24, 2.45) is 5.92 Å². The number of likely N-dealkylation sites (tertiary alicyclic amines) is 1. The summed E-state index contributed by atoms with van der Waals surface area (Å²) >= 11 is 0. The summed E-state index contributed by atoms with van der Waals surface area (Å²) in [5.41, 5.74) is 0.963. The maximum Gasteiger partial charge on any atom is 0.220 e. The molecule has 0 aromatic carbocycles. The number of halogens is 1. The van der Waals surface area contributed by atoms with Crippen molar-refractivity contribution in [1.29, 1.82) is 0 Å². The Labute approximate surface area is 162 Å². The zero-order valence-corrected chi connectivity index (χ0v) is 17.4. The summed E-state index contributed by atoms with van der Waals surface area (Å²) in [5, 5.41) is 0. The van der Waals surface area contributed by atoms with Gasteiger partial charge in [0, 0.05) is 39.8 Å². The second kappa shape index (κ2) is 8.97. The second-order valence-corrected chi connectivity index (χ2v) is 7.62. The normalized spacial score (nSPS) is 39.0. The quantitative estimate of drug-likeness (QED) is 0.630. The SMILES string of the molecule is C=C(C=CC=CC)CN1CC2OC(C)(OC)C(C)(OC)OC2C(C(C)F)C1. The van der Waals surface area contributed by atoms with Gasteiger partial charge in [-0.15, -0.1) is 0 Å². The van der Waals surface area contributed by atoms with E-state index in [0.717, 1.165) is 5.57 Å². The average molecular weight is 384 g/mol. The van der Waals surface area contributed by atoms with E-state index in [1.807, 2.05) is 31.2 Å². The minimum absolute atomic E-state index is 0.317. The first kappa shape index (κ1) is 22.2. The molecule has 2 saturated heterocycles. The van der Waals surface area contributed by atoms with E-state index < -0.39 is 23.8 Å². The van der Waals surface area contributed by atoms with E-state index in [0.29, 0.717) is 19.6 Å². The Morgan fingerprint density at radius 2 is 1.85 bits per heavy atom. The molecular formula is C21H34FNO4. The lowest BCUT2D eigenvalue weighted by Crippen LogP contribution is -2.70. The molecule has 5 nitrogen and oxygen atoms in total. The van der Waals surface area contributed by atoms with Gasteiger partial charge >= 0.3 is 0 Å². The molecule has 6 heteroatoms. The number of rotatable bonds is 7. The fourth-order valence-electron chi connectivity index (χ4n) is 3.79. The monoisotopic (exact) mass is 383 g/mol. The third-order valence-corrected chi connectivity index (χ3v) is 5.69. The standard InChI is InChI=1S/C21H34FNO4/c1-8-9-10-11-15(2)12-23-13-17(16(3)22)19-18(14-23)26-20(4,24-6)21(5,25-7)27-19/h8-11,16-19H,2,12-14H2,1,3-7H3. The van der Waals surface area contributed by atoms with Gasteiger partial charge in [0.1, 0.15) is 12.3 Å². The Kier molecular flexibility index (Phi) is 7.39. The molecule has 0 N–H and O–H groups in total. The Balaban J connectivity index is 2.19. The predicted octanol–water partition coefficient (Wildman–Crippen LogP) is 3.47. The van der Waals surface area contributed by atoms with E-state index in [9.17, 15) is 4.39 Å². The maximum absolute atomic E-state index is 14.5. The van der Waals surface area contributed by atoms with Crippen LogP contribution >= 0.6 is 0 Å². The fourth-order valence-corrected chi connectivity index (χ4v) is 3.79. The van der Waals surface area contributed by atoms with Gasteiger partial charge in [0.2, 0.25) is 11.6 Å². The van der Waals surface area contributed by atoms with Crippen LogP contribution in [0.15, 0.2) is 36.5 Å². The van der Waals surface area contributed by atoms with Crippen LogP contribution in [0.5, 0.6) is 0 Å². The molecule has 2 heterocycles. The highest BCUT2D eigenvalue weighted by molar-refractivity contribution is 5.20. The van der Waals surface area contributed by atoms with Crippen LogP contribution in [0.3, 0.4) is 0 Å². The Bertz CT molecular complexity index is 579. The molecule has 0 amide bonds. The molecule has 2 aliphatic heterocycles. The summed E-state index contributed by atoms with van der Waals surface area (Å²) in [6.45, 7) is 13.0. The Hall–Kier alpha value is -1.05. The van der Waals surface area contributed by atoms with Crippen molar-refractivity contribution in [1.82, 2.24) is 4.90 Å². The first-order valence-corrected chi connectivity index (χ1v) is 9.49. The summed E-state index contributed by atoms with van der Waals surface area (Å²) in [6.07, 6.45) is 6.09. The molecule has 2 fully saturated rings. The molecule has 0 aliphatic carbocycles. The summed E-state index contributed by atoms with van der Waals surface area (Å²) in [6, 6.07) is 0. The summed E-state index contributed by atoms with van der Waals surface area (Å²) in [7, 11) is 3.11. The van der Waals surface area contributed by atoms with Gasteiger partial charge in [-0.25, -0.2) is 4.39 Å². The van der Waals surface area contributed by atoms with Crippen molar-refractivity contribution >= 4 is 0 Å². The molecule has 6 atom stereocenters. The van der Waals surface area contributed by atoms with Gasteiger partial charge in [-0.2, -0.15) is 0 Å². The van der Waals surface area contributed by atoms with Crippen LogP contribution in [0.4, 0.5) is 4.39 Å². The van der Waals surface area contributed by atoms with Crippen LogP contribution in [0, 0.1) is 5.92 Å². The molecular weight excluding hydrogens is 349 g/mol. The van der Waals surface area contributed by atoms with Gasteiger partial charge in [-0.3, -0.25) is 4.90 Å². The minimum atomic E-state index is -1.11. The third kappa shape index (κ3) is 4.69. The summed E-state index contributed by atoms with van der Waals surface area (Å²) in [4.78, 5) is 2.17. The van der Waals surface area contributed by atoms with Gasteiger partial charge in [-0.05, 0) is 33.3 Å². The molecule has 0 saturated carbocycles. The van der Waals surface area contributed by atoms with Gasteiger partial charge in [-0.1, -0.05) is 30.9 Å². The molecule has 27 heavy (non-hydrogen) atoms. The van der Waals surface area contributed by atoms with Crippen molar-refractivity contribution < 1.29 is 23.3 Å². The number of piperidine rings is 1. The van der Waals surface area contributed by atoms with E-state index in [4.69, 9.17) is 18.9 Å². The molecule has 6 unspecified atom stereocenters. The summed E-state index contributed by atoms with van der Waals surface area (Å²) in [5.74, 6) is -2.53. The van der Waals surface area contributed by atoms with Gasteiger partial charge in [0.05, 0.1) is 6.10 Å². The number of methoxy groups -OCH3 is 2. The lowest BCUT2D eigenvalue weighted by Gasteiger charge is -2.56. The zero-order chi connectivity index (χ0) is 20.2. The first-order valence-electron chi connectivity index (χ1n) is 9.49. The topological polar surface area (TPSA) is 40.2 Å². The third-order valence-electron chi connectivity index (χ3n) is 5.69. The van der Waals surface area contributed by atoms with E-state index >= 15 is 0 Å². The van der Waals surface area contributed by atoms with E-state index in [-0.39, 0.29) is 12.0 Å². The number of fused-ring (bicyclic) bond motifs is 1. The number of hydrogen-bond acceptors (Lipinski definition) is 5. The van der Waals surface area contributed by atoms with Gasteiger partial charge in [0.25, 0.3) is 0 Å². The lowest BCUT2D eigenvalue weighted by molar-refractivity contribution is -0.457. The van der Waals surface area contributed by atoms with E-state index in [2.05, 4.69) is 11.5 Å². The smallest absolute Gasteiger partial charge is 0.220 e. The van der Waals surface area contributed by atoms with Crippen molar-refractivity contribution in [2.75, 3.05) is 33.9 Å². The number of ether oxygens (including phenoxy) is 4. The molecule has 154 valence electrons. The summed E-state index contributed by atoms with van der Waals surface area (Å²) < 4.78 is 38.2. The molecule has 0 aromatic rings. The highest BCUT2D eigenvalue weighted by Crippen LogP contribution is 2.43. The number of alkyl halides is 1. The minimum Gasteiger partial charge on any atom is -0.349 e. The molecule has 0 radical (unpaired) electrons. The molecule has 2 rings (SSSR count). The molecule has 0 aromatic heterocycles. The largest absolute Gasteiger partial charge is 0.349 e. The van der Waals surface area contributed by atoms with Crippen LogP contribution in [0.1, 0.15) is 27.7 Å². The number of nitrogens with zero attached hydrogens (tertiary/aromatic N) is 1. The molecule has 2 aliphatic rings. The Morgan fingerprint density at radius 1 is 1.22 bits per heavy atom.